The summed E-state index contributed by atoms with van der Waals surface area (Å²) in [6, 6.07) is 38.6. The number of hydrogen-bond donors (Lipinski definition) is 2. The minimum atomic E-state index is -3.35. The smallest absolute Gasteiger partial charge is 0.335 e. The number of aromatic nitrogens is 3. The molecule has 8 aromatic rings. The first kappa shape index (κ1) is 46.9. The Morgan fingerprint density at radius 3 is 1.46 bits per heavy atom. The van der Waals surface area contributed by atoms with Gasteiger partial charge in [-0.3, -0.25) is 10.1 Å². The summed E-state index contributed by atoms with van der Waals surface area (Å²) in [5, 5.41) is 12.9. The van der Waals surface area contributed by atoms with E-state index in [0.717, 1.165) is 18.1 Å². The number of carbonyl (C=O) groups excluding carboxylic acids is 1. The molecule has 16 nitrogen and oxygen atoms in total. The molecule has 0 aliphatic carbocycles. The number of amides is 1. The fourth-order valence-electron chi connectivity index (χ4n) is 5.80. The number of carbonyl (C=O) groups is 2. The second-order valence-corrected chi connectivity index (χ2v) is 19.3. The topological polar surface area (TPSA) is 219 Å². The number of anilines is 1. The lowest BCUT2D eigenvalue weighted by atomic mass is 10.2. The number of thiazole rings is 1. The van der Waals surface area contributed by atoms with Crippen LogP contribution in [0.4, 0.5) is 5.13 Å². The van der Waals surface area contributed by atoms with Crippen molar-refractivity contribution in [3.05, 3.63) is 181 Å². The van der Waals surface area contributed by atoms with Gasteiger partial charge in [0.05, 0.1) is 21.6 Å². The number of rotatable bonds is 15. The summed E-state index contributed by atoms with van der Waals surface area (Å²) in [6.07, 6.45) is 6.92. The zero-order valence-corrected chi connectivity index (χ0v) is 38.0. The molecule has 0 aliphatic rings. The van der Waals surface area contributed by atoms with Crippen molar-refractivity contribution in [1.82, 2.24) is 15.0 Å². The molecule has 0 radical (unpaired) electrons. The van der Waals surface area contributed by atoms with E-state index in [9.17, 15) is 31.5 Å². The number of aromatic carboxylic acids is 1. The third kappa shape index (κ3) is 13.7. The number of pyridine rings is 2. The summed E-state index contributed by atoms with van der Waals surface area (Å²) in [6.45, 7) is 1.97. The van der Waals surface area contributed by atoms with Crippen LogP contribution in [0, 0.1) is 6.92 Å². The van der Waals surface area contributed by atoms with Crippen LogP contribution in [0.5, 0.6) is 57.1 Å². The van der Waals surface area contributed by atoms with Crippen LogP contribution in [0.1, 0.15) is 26.3 Å². The van der Waals surface area contributed by atoms with Crippen LogP contribution >= 0.6 is 11.3 Å². The molecule has 67 heavy (non-hydrogen) atoms. The first-order chi connectivity index (χ1) is 32.0. The predicted molar refractivity (Wildman–Crippen MR) is 249 cm³/mol. The van der Waals surface area contributed by atoms with Crippen LogP contribution < -0.4 is 29.0 Å². The van der Waals surface area contributed by atoms with E-state index in [2.05, 4.69) is 20.3 Å². The SMILES string of the molecule is CS(=O)(=O)c1ccc(Oc2cc(Oc3ccccn3)cc(C(=O)O)c2)cc1.Cc1cccc(Oc2cnc(NC(=O)c3cc(Oc4ccc(S(C)(=O)=O)cc4)cc(Oc4ccccn4)c3)s2)c1. The fourth-order valence-corrected chi connectivity index (χ4v) is 7.74. The second kappa shape index (κ2) is 20.8. The Bertz CT molecular complexity index is 3240. The minimum Gasteiger partial charge on any atom is -0.478 e. The van der Waals surface area contributed by atoms with Gasteiger partial charge in [-0.1, -0.05) is 35.6 Å². The van der Waals surface area contributed by atoms with Crippen molar-refractivity contribution >= 4 is 48.0 Å². The summed E-state index contributed by atoms with van der Waals surface area (Å²) in [4.78, 5) is 37.4. The Kier molecular flexibility index (Phi) is 14.5. The largest absolute Gasteiger partial charge is 0.478 e. The maximum atomic E-state index is 13.2. The molecule has 0 bridgehead atoms. The molecule has 340 valence electrons. The van der Waals surface area contributed by atoms with Gasteiger partial charge in [0.15, 0.2) is 24.8 Å². The average Bonchev–Trinajstić information content (AvgIpc) is 3.73. The van der Waals surface area contributed by atoms with Gasteiger partial charge in [-0.2, -0.15) is 0 Å². The molecule has 3 heterocycles. The van der Waals surface area contributed by atoms with Crippen LogP contribution in [-0.2, 0) is 19.7 Å². The van der Waals surface area contributed by atoms with Gasteiger partial charge < -0.3 is 28.8 Å². The van der Waals surface area contributed by atoms with Gasteiger partial charge >= 0.3 is 5.97 Å². The number of nitrogens with zero attached hydrogens (tertiary/aromatic N) is 3. The Labute approximate surface area is 388 Å². The minimum absolute atomic E-state index is 0.0220. The van der Waals surface area contributed by atoms with Gasteiger partial charge in [0.25, 0.3) is 5.91 Å². The number of carboxylic acid groups (broad SMARTS) is 1. The molecule has 0 unspecified atom stereocenters. The van der Waals surface area contributed by atoms with Crippen LogP contribution in [-0.4, -0.2) is 61.3 Å². The first-order valence-electron chi connectivity index (χ1n) is 19.7. The highest BCUT2D eigenvalue weighted by atomic mass is 32.2. The highest BCUT2D eigenvalue weighted by molar-refractivity contribution is 7.91. The van der Waals surface area contributed by atoms with Gasteiger partial charge in [-0.15, -0.1) is 0 Å². The number of hydrogen-bond acceptors (Lipinski definition) is 15. The monoisotopic (exact) mass is 958 g/mol. The molecule has 0 saturated heterocycles. The molecule has 8 rings (SSSR count). The predicted octanol–water partition coefficient (Wildman–Crippen LogP) is 10.6. The van der Waals surface area contributed by atoms with Crippen molar-refractivity contribution in [2.45, 2.75) is 16.7 Å². The van der Waals surface area contributed by atoms with E-state index < -0.39 is 31.6 Å². The maximum Gasteiger partial charge on any atom is 0.335 e. The van der Waals surface area contributed by atoms with Crippen molar-refractivity contribution in [3.63, 3.8) is 0 Å². The summed E-state index contributed by atoms with van der Waals surface area (Å²) >= 11 is 1.19. The van der Waals surface area contributed by atoms with Crippen LogP contribution in [0.2, 0.25) is 0 Å². The van der Waals surface area contributed by atoms with Crippen molar-refractivity contribution in [1.29, 1.82) is 0 Å². The van der Waals surface area contributed by atoms with E-state index in [0.29, 0.717) is 50.7 Å². The molecular formula is C48H38N4O12S3. The molecule has 3 aromatic heterocycles. The number of sulfone groups is 2. The molecule has 0 atom stereocenters. The van der Waals surface area contributed by atoms with Gasteiger partial charge in [0.2, 0.25) is 16.8 Å². The zero-order valence-electron chi connectivity index (χ0n) is 35.6. The standard InChI is InChI=1S/C29H23N3O6S2.C19H15NO6S/c1-19-6-5-7-22(14-19)38-27-18-31-29(39-27)32-28(33)20-15-23(17-24(16-20)37-26-8-3-4-13-30-26)36-21-9-11-25(12-10-21)40(2,34)35;1-27(23,24)17-7-5-14(6-8-17)25-15-10-13(19(21)22)11-16(12-15)26-18-4-2-3-9-20-18/h3-18H,1-2H3,(H,31,32,33);2-12H,1H3,(H,21,22). The van der Waals surface area contributed by atoms with E-state index in [1.165, 1.54) is 84.3 Å². The van der Waals surface area contributed by atoms with Crippen molar-refractivity contribution in [2.75, 3.05) is 17.8 Å². The molecule has 0 spiro atoms. The average molecular weight is 959 g/mol. The Morgan fingerprint density at radius 1 is 0.522 bits per heavy atom. The normalized spacial score (nSPS) is 11.0. The number of nitrogens with one attached hydrogen (secondary N) is 1. The molecule has 19 heteroatoms. The third-order valence-corrected chi connectivity index (χ3v) is 11.9. The van der Waals surface area contributed by atoms with Crippen LogP contribution in [0.3, 0.4) is 0 Å². The number of aryl methyl sites for hydroxylation is 1. The number of benzene rings is 5. The van der Waals surface area contributed by atoms with Gasteiger partial charge in [0.1, 0.15) is 40.2 Å². The van der Waals surface area contributed by atoms with Crippen molar-refractivity contribution in [2.24, 2.45) is 0 Å². The van der Waals surface area contributed by atoms with E-state index in [-0.39, 0.29) is 32.4 Å². The molecule has 1 amide bonds. The molecule has 0 saturated carbocycles. The van der Waals surface area contributed by atoms with E-state index in [1.54, 1.807) is 67.0 Å². The fraction of sp³-hybridized carbons (Fsp3) is 0.0625. The Balaban J connectivity index is 0.000000215. The van der Waals surface area contributed by atoms with Crippen LogP contribution in [0.15, 0.2) is 174 Å². The quantitative estimate of drug-likeness (QED) is 0.0976. The van der Waals surface area contributed by atoms with Gasteiger partial charge in [0, 0.05) is 54.7 Å². The lowest BCUT2D eigenvalue weighted by molar-refractivity contribution is 0.0695. The highest BCUT2D eigenvalue weighted by Gasteiger charge is 2.16. The van der Waals surface area contributed by atoms with Crippen molar-refractivity contribution in [3.8, 4) is 57.1 Å². The Hall–Kier alpha value is -8.13. The maximum absolute atomic E-state index is 13.2. The molecule has 5 aromatic carbocycles. The van der Waals surface area contributed by atoms with E-state index in [1.807, 2.05) is 31.2 Å². The summed E-state index contributed by atoms with van der Waals surface area (Å²) in [5.41, 5.74) is 1.28. The molecule has 0 fully saturated rings. The molecule has 2 N–H and O–H groups in total. The number of ether oxygens (including phenoxy) is 5. The third-order valence-electron chi connectivity index (χ3n) is 8.88. The lowest BCUT2D eigenvalue weighted by Gasteiger charge is -2.12. The molecule has 0 aliphatic heterocycles. The van der Waals surface area contributed by atoms with E-state index in [4.69, 9.17) is 23.7 Å². The summed E-state index contributed by atoms with van der Waals surface area (Å²) in [7, 11) is -6.66. The first-order valence-corrected chi connectivity index (χ1v) is 24.3. The van der Waals surface area contributed by atoms with Gasteiger partial charge in [-0.05, 0) is 110 Å². The molecular weight excluding hydrogens is 921 g/mol. The van der Waals surface area contributed by atoms with Crippen LogP contribution in [0.25, 0.3) is 0 Å². The highest BCUT2D eigenvalue weighted by Crippen LogP contribution is 2.34. The summed E-state index contributed by atoms with van der Waals surface area (Å²) < 4.78 is 75.5. The van der Waals surface area contributed by atoms with Gasteiger partial charge in [-0.25, -0.2) is 36.6 Å². The van der Waals surface area contributed by atoms with E-state index >= 15 is 0 Å². The number of carboxylic acids is 1. The zero-order chi connectivity index (χ0) is 47.6. The second-order valence-electron chi connectivity index (χ2n) is 14.3. The lowest BCUT2D eigenvalue weighted by Crippen LogP contribution is -2.12. The van der Waals surface area contributed by atoms with Crippen molar-refractivity contribution < 1.29 is 55.2 Å². The Morgan fingerprint density at radius 2 is 1.01 bits per heavy atom. The summed E-state index contributed by atoms with van der Waals surface area (Å²) in [5.74, 6) is 1.56.